The Morgan fingerprint density at radius 2 is 2.06 bits per heavy atom. The van der Waals surface area contributed by atoms with Gasteiger partial charge < -0.3 is 10.6 Å². The number of hydrogen-bond acceptors (Lipinski definition) is 4. The maximum absolute atomic E-state index is 11.9. The first-order valence-electron chi connectivity index (χ1n) is 5.77. The molecule has 0 saturated carbocycles. The zero-order valence-electron chi connectivity index (χ0n) is 11.3. The summed E-state index contributed by atoms with van der Waals surface area (Å²) < 4.78 is 0. The summed E-state index contributed by atoms with van der Waals surface area (Å²) in [6, 6.07) is -0.395. The van der Waals surface area contributed by atoms with Gasteiger partial charge in [-0.1, -0.05) is 0 Å². The van der Waals surface area contributed by atoms with Crippen molar-refractivity contribution in [3.63, 3.8) is 0 Å². The number of rotatable bonds is 3. The van der Waals surface area contributed by atoms with Crippen LogP contribution in [-0.4, -0.2) is 27.5 Å². The van der Waals surface area contributed by atoms with E-state index < -0.39 is 6.04 Å². The number of hydrogen-bond donors (Lipinski definition) is 2. The minimum atomic E-state index is -0.395. The summed E-state index contributed by atoms with van der Waals surface area (Å²) in [5.41, 5.74) is 0.584. The van der Waals surface area contributed by atoms with Crippen LogP contribution in [0.15, 0.2) is 6.20 Å². The number of nitrogens with zero attached hydrogens (tertiary/aromatic N) is 2. The second-order valence-corrected chi connectivity index (χ2v) is 5.61. The Balaban J connectivity index is 2.72. The molecule has 0 aliphatic heterocycles. The zero-order valence-corrected chi connectivity index (χ0v) is 12.1. The van der Waals surface area contributed by atoms with Crippen molar-refractivity contribution >= 4 is 23.3 Å². The SMILES string of the molecule is Cc1cnc(Cl)nc1NC(C)C(=O)NC(C)(C)C. The molecule has 1 heterocycles. The van der Waals surface area contributed by atoms with Crippen molar-refractivity contribution in [2.24, 2.45) is 0 Å². The molecule has 5 nitrogen and oxygen atoms in total. The average Bonchev–Trinajstić information content (AvgIpc) is 2.21. The van der Waals surface area contributed by atoms with Gasteiger partial charge in [-0.2, -0.15) is 0 Å². The van der Waals surface area contributed by atoms with Crippen molar-refractivity contribution in [3.05, 3.63) is 17.0 Å². The van der Waals surface area contributed by atoms with Crippen LogP contribution in [-0.2, 0) is 4.79 Å². The van der Waals surface area contributed by atoms with Crippen molar-refractivity contribution in [1.29, 1.82) is 0 Å². The van der Waals surface area contributed by atoms with Gasteiger partial charge in [0.2, 0.25) is 11.2 Å². The summed E-state index contributed by atoms with van der Waals surface area (Å²) in [6.07, 6.45) is 1.62. The van der Waals surface area contributed by atoms with Gasteiger partial charge in [0, 0.05) is 17.3 Å². The van der Waals surface area contributed by atoms with Crippen molar-refractivity contribution in [2.45, 2.75) is 46.2 Å². The van der Waals surface area contributed by atoms with E-state index in [1.807, 2.05) is 27.7 Å². The summed E-state index contributed by atoms with van der Waals surface area (Å²) in [5, 5.41) is 6.08. The molecular formula is C12H19ClN4O. The van der Waals surface area contributed by atoms with E-state index >= 15 is 0 Å². The topological polar surface area (TPSA) is 66.9 Å². The molecular weight excluding hydrogens is 252 g/mol. The third-order valence-corrected chi connectivity index (χ3v) is 2.37. The normalized spacial score (nSPS) is 13.0. The summed E-state index contributed by atoms with van der Waals surface area (Å²) in [7, 11) is 0. The first-order valence-corrected chi connectivity index (χ1v) is 6.14. The Hall–Kier alpha value is -1.36. The molecule has 1 aromatic rings. The minimum absolute atomic E-state index is 0.0864. The third kappa shape index (κ3) is 4.49. The Morgan fingerprint density at radius 1 is 1.44 bits per heavy atom. The molecule has 1 aromatic heterocycles. The molecule has 2 N–H and O–H groups in total. The highest BCUT2D eigenvalue weighted by molar-refractivity contribution is 6.28. The standard InChI is InChI=1S/C12H19ClN4O/c1-7-6-14-11(13)16-9(7)15-8(2)10(18)17-12(3,4)5/h6,8H,1-5H3,(H,17,18)(H,14,15,16). The molecule has 0 aliphatic rings. The van der Waals surface area contributed by atoms with Gasteiger partial charge in [-0.3, -0.25) is 4.79 Å². The number of aryl methyl sites for hydroxylation is 1. The lowest BCUT2D eigenvalue weighted by molar-refractivity contribution is -0.122. The molecule has 1 rings (SSSR count). The van der Waals surface area contributed by atoms with E-state index in [2.05, 4.69) is 20.6 Å². The molecule has 0 fully saturated rings. The fourth-order valence-corrected chi connectivity index (χ4v) is 1.45. The largest absolute Gasteiger partial charge is 0.358 e. The lowest BCUT2D eigenvalue weighted by atomic mass is 10.1. The van der Waals surface area contributed by atoms with Gasteiger partial charge in [-0.25, -0.2) is 9.97 Å². The summed E-state index contributed by atoms with van der Waals surface area (Å²) in [6.45, 7) is 9.43. The van der Waals surface area contributed by atoms with Crippen LogP contribution in [0.5, 0.6) is 0 Å². The number of carbonyl (C=O) groups is 1. The van der Waals surface area contributed by atoms with E-state index in [9.17, 15) is 4.79 Å². The molecule has 1 amide bonds. The van der Waals surface area contributed by atoms with Crippen LogP contribution < -0.4 is 10.6 Å². The van der Waals surface area contributed by atoms with Crippen LogP contribution in [0.2, 0.25) is 5.28 Å². The molecule has 6 heteroatoms. The third-order valence-electron chi connectivity index (χ3n) is 2.19. The summed E-state index contributed by atoms with van der Waals surface area (Å²) in [4.78, 5) is 19.8. The number of aromatic nitrogens is 2. The van der Waals surface area contributed by atoms with E-state index in [-0.39, 0.29) is 16.7 Å². The van der Waals surface area contributed by atoms with Gasteiger partial charge in [0.1, 0.15) is 11.9 Å². The van der Waals surface area contributed by atoms with Gasteiger partial charge in [0.05, 0.1) is 0 Å². The number of halogens is 1. The maximum Gasteiger partial charge on any atom is 0.242 e. The van der Waals surface area contributed by atoms with Gasteiger partial charge >= 0.3 is 0 Å². The number of anilines is 1. The average molecular weight is 271 g/mol. The summed E-state index contributed by atoms with van der Waals surface area (Å²) >= 11 is 5.72. The molecule has 1 unspecified atom stereocenters. The second kappa shape index (κ2) is 5.52. The highest BCUT2D eigenvalue weighted by atomic mass is 35.5. The van der Waals surface area contributed by atoms with E-state index in [1.54, 1.807) is 13.1 Å². The molecule has 0 aromatic carbocycles. The number of carbonyl (C=O) groups excluding carboxylic acids is 1. The molecule has 0 bridgehead atoms. The van der Waals surface area contributed by atoms with Crippen LogP contribution in [0.1, 0.15) is 33.3 Å². The fourth-order valence-electron chi connectivity index (χ4n) is 1.32. The predicted octanol–water partition coefficient (Wildman–Crippen LogP) is 2.15. The molecule has 0 saturated heterocycles. The highest BCUT2D eigenvalue weighted by Gasteiger charge is 2.19. The van der Waals surface area contributed by atoms with E-state index in [0.29, 0.717) is 5.82 Å². The predicted molar refractivity (Wildman–Crippen MR) is 72.8 cm³/mol. The number of nitrogens with one attached hydrogen (secondary N) is 2. The number of amides is 1. The van der Waals surface area contributed by atoms with Crippen LogP contribution in [0.25, 0.3) is 0 Å². The Kier molecular flexibility index (Phi) is 4.51. The van der Waals surface area contributed by atoms with Gasteiger partial charge in [-0.15, -0.1) is 0 Å². The lowest BCUT2D eigenvalue weighted by Crippen LogP contribution is -2.47. The lowest BCUT2D eigenvalue weighted by Gasteiger charge is -2.24. The van der Waals surface area contributed by atoms with E-state index in [0.717, 1.165) is 5.56 Å². The van der Waals surface area contributed by atoms with Crippen molar-refractivity contribution in [3.8, 4) is 0 Å². The molecule has 0 radical (unpaired) electrons. The summed E-state index contributed by atoms with van der Waals surface area (Å²) in [5.74, 6) is 0.489. The van der Waals surface area contributed by atoms with Crippen LogP contribution in [0.3, 0.4) is 0 Å². The van der Waals surface area contributed by atoms with Gasteiger partial charge in [0.15, 0.2) is 0 Å². The maximum atomic E-state index is 11.9. The Bertz CT molecular complexity index is 442. The van der Waals surface area contributed by atoms with Gasteiger partial charge in [0.25, 0.3) is 0 Å². The zero-order chi connectivity index (χ0) is 13.9. The molecule has 0 spiro atoms. The van der Waals surface area contributed by atoms with Gasteiger partial charge in [-0.05, 0) is 46.2 Å². The van der Waals surface area contributed by atoms with E-state index in [1.165, 1.54) is 0 Å². The van der Waals surface area contributed by atoms with Crippen molar-refractivity contribution in [1.82, 2.24) is 15.3 Å². The fraction of sp³-hybridized carbons (Fsp3) is 0.583. The molecule has 18 heavy (non-hydrogen) atoms. The monoisotopic (exact) mass is 270 g/mol. The molecule has 100 valence electrons. The van der Waals surface area contributed by atoms with Crippen LogP contribution in [0, 0.1) is 6.92 Å². The van der Waals surface area contributed by atoms with Crippen molar-refractivity contribution in [2.75, 3.05) is 5.32 Å². The second-order valence-electron chi connectivity index (χ2n) is 5.28. The Labute approximate surface area is 112 Å². The molecule has 0 aliphatic carbocycles. The van der Waals surface area contributed by atoms with Crippen LogP contribution >= 0.6 is 11.6 Å². The van der Waals surface area contributed by atoms with Crippen molar-refractivity contribution < 1.29 is 4.79 Å². The Morgan fingerprint density at radius 3 is 2.61 bits per heavy atom. The first kappa shape index (κ1) is 14.7. The van der Waals surface area contributed by atoms with Crippen LogP contribution in [0.4, 0.5) is 5.82 Å². The highest BCUT2D eigenvalue weighted by Crippen LogP contribution is 2.14. The molecule has 1 atom stereocenters. The first-order chi connectivity index (χ1) is 8.19. The van der Waals surface area contributed by atoms with E-state index in [4.69, 9.17) is 11.6 Å². The smallest absolute Gasteiger partial charge is 0.242 e. The quantitative estimate of drug-likeness (QED) is 0.826. The minimum Gasteiger partial charge on any atom is -0.358 e.